The lowest BCUT2D eigenvalue weighted by molar-refractivity contribution is -0.125. The molecule has 104 valence electrons. The first-order chi connectivity index (χ1) is 8.50. The van der Waals surface area contributed by atoms with E-state index in [1.807, 2.05) is 26.1 Å². The molecule has 2 aliphatic rings. The highest BCUT2D eigenvalue weighted by molar-refractivity contribution is 7.88. The maximum atomic E-state index is 11.8. The molecule has 2 rings (SSSR count). The van der Waals surface area contributed by atoms with E-state index in [9.17, 15) is 22.6 Å². The molecule has 1 saturated heterocycles. The van der Waals surface area contributed by atoms with Crippen LogP contribution in [0, 0.1) is 11.3 Å². The van der Waals surface area contributed by atoms with Gasteiger partial charge >= 0.3 is 0 Å². The summed E-state index contributed by atoms with van der Waals surface area (Å²) in [4.78, 5) is 23.5. The summed E-state index contributed by atoms with van der Waals surface area (Å²) in [5.74, 6) is -2.95. The van der Waals surface area contributed by atoms with Gasteiger partial charge in [0.15, 0.2) is 0 Å². The normalized spacial score (nSPS) is 30.9. The molecule has 0 aromatic heterocycles. The molecule has 7 heteroatoms. The van der Waals surface area contributed by atoms with Crippen LogP contribution < -0.4 is 5.32 Å². The van der Waals surface area contributed by atoms with Gasteiger partial charge in [0, 0.05) is 0 Å². The molecule has 2 unspecified atom stereocenters. The summed E-state index contributed by atoms with van der Waals surface area (Å²) >= 11 is 0. The van der Waals surface area contributed by atoms with Gasteiger partial charge in [-0.05, 0) is 11.0 Å². The molecule has 0 spiro atoms. The van der Waals surface area contributed by atoms with Crippen LogP contribution >= 0.6 is 0 Å². The molecule has 19 heavy (non-hydrogen) atoms. The topological polar surface area (TPSA) is 101 Å². The van der Waals surface area contributed by atoms with Gasteiger partial charge in [0.2, 0.25) is 10.7 Å². The summed E-state index contributed by atoms with van der Waals surface area (Å²) < 4.78 is 30.3. The molecule has 2 atom stereocenters. The van der Waals surface area contributed by atoms with Crippen molar-refractivity contribution >= 4 is 21.9 Å². The average molecular weight is 285 g/mol. The van der Waals surface area contributed by atoms with Crippen LogP contribution in [0.1, 0.15) is 20.8 Å². The summed E-state index contributed by atoms with van der Waals surface area (Å²) in [6.45, 7) is 5.70. The number of nitrogens with one attached hydrogen (secondary N) is 1. The molecule has 2 N–H and O–H groups in total. The van der Waals surface area contributed by atoms with Gasteiger partial charge in [-0.1, -0.05) is 39.0 Å². The molecule has 1 fully saturated rings. The predicted molar refractivity (Wildman–Crippen MR) is 67.6 cm³/mol. The van der Waals surface area contributed by atoms with Crippen molar-refractivity contribution < 1.29 is 22.6 Å². The molecule has 0 aromatic carbocycles. The summed E-state index contributed by atoms with van der Waals surface area (Å²) in [7, 11) is -4.74. The first-order valence-corrected chi connectivity index (χ1v) is 7.18. The third-order valence-electron chi connectivity index (χ3n) is 3.49. The van der Waals surface area contributed by atoms with Crippen molar-refractivity contribution in [2.24, 2.45) is 11.3 Å². The fraction of sp³-hybridized carbons (Fsp3) is 0.500. The molecule has 0 aromatic rings. The zero-order valence-corrected chi connectivity index (χ0v) is 11.6. The van der Waals surface area contributed by atoms with Gasteiger partial charge in [-0.15, -0.1) is 0 Å². The van der Waals surface area contributed by atoms with Crippen LogP contribution in [-0.2, 0) is 19.7 Å². The number of allylic oxidation sites excluding steroid dienone is 2. The Morgan fingerprint density at radius 1 is 1.32 bits per heavy atom. The number of rotatable bonds is 1. The first kappa shape index (κ1) is 14.0. The van der Waals surface area contributed by atoms with Crippen LogP contribution in [0.4, 0.5) is 0 Å². The lowest BCUT2D eigenvalue weighted by atomic mass is 9.78. The SMILES string of the molecule is CC(C)(C)C1=CC2C(=O)NC(=O)C2(S(=O)(=O)O)C=C1. The van der Waals surface area contributed by atoms with Crippen molar-refractivity contribution in [2.75, 3.05) is 0 Å². The smallest absolute Gasteiger partial charge is 0.284 e. The minimum absolute atomic E-state index is 0.298. The second-order valence-electron chi connectivity index (χ2n) is 5.77. The van der Waals surface area contributed by atoms with E-state index in [0.717, 1.165) is 11.6 Å². The Bertz CT molecular complexity index is 623. The summed E-state index contributed by atoms with van der Waals surface area (Å²) in [5.41, 5.74) is 0.440. The number of hydrogen-bond donors (Lipinski definition) is 2. The predicted octanol–water partition coefficient (Wildman–Crippen LogP) is 0.428. The van der Waals surface area contributed by atoms with Crippen LogP contribution in [0.25, 0.3) is 0 Å². The Morgan fingerprint density at radius 2 is 1.89 bits per heavy atom. The molecule has 0 radical (unpaired) electrons. The monoisotopic (exact) mass is 285 g/mol. The van der Waals surface area contributed by atoms with Crippen LogP contribution in [0.2, 0.25) is 0 Å². The van der Waals surface area contributed by atoms with Crippen LogP contribution in [0.5, 0.6) is 0 Å². The quantitative estimate of drug-likeness (QED) is 0.537. The van der Waals surface area contributed by atoms with Crippen LogP contribution in [-0.4, -0.2) is 29.5 Å². The molecule has 0 bridgehead atoms. The van der Waals surface area contributed by atoms with Crippen molar-refractivity contribution in [1.29, 1.82) is 0 Å². The zero-order chi connectivity index (χ0) is 14.6. The number of amides is 2. The Hall–Kier alpha value is -1.47. The zero-order valence-electron chi connectivity index (χ0n) is 10.8. The summed E-state index contributed by atoms with van der Waals surface area (Å²) in [6.07, 6.45) is 4.02. The third-order valence-corrected chi connectivity index (χ3v) is 4.91. The molecule has 2 amide bonds. The van der Waals surface area contributed by atoms with E-state index in [4.69, 9.17) is 0 Å². The van der Waals surface area contributed by atoms with Crippen molar-refractivity contribution in [3.63, 3.8) is 0 Å². The van der Waals surface area contributed by atoms with E-state index in [-0.39, 0.29) is 5.41 Å². The number of carbonyl (C=O) groups excluding carboxylic acids is 2. The molecule has 6 nitrogen and oxygen atoms in total. The fourth-order valence-corrected chi connectivity index (χ4v) is 3.34. The number of hydrogen-bond acceptors (Lipinski definition) is 4. The average Bonchev–Trinajstić information content (AvgIpc) is 2.49. The highest BCUT2D eigenvalue weighted by Crippen LogP contribution is 2.41. The molecular weight excluding hydrogens is 270 g/mol. The van der Waals surface area contributed by atoms with E-state index in [0.29, 0.717) is 0 Å². The van der Waals surface area contributed by atoms with Crippen molar-refractivity contribution in [1.82, 2.24) is 5.32 Å². The van der Waals surface area contributed by atoms with E-state index in [1.165, 1.54) is 12.2 Å². The van der Waals surface area contributed by atoms with Gasteiger partial charge in [-0.25, -0.2) is 0 Å². The maximum absolute atomic E-state index is 11.8. The van der Waals surface area contributed by atoms with Gasteiger partial charge in [-0.3, -0.25) is 19.5 Å². The number of carbonyl (C=O) groups is 2. The lowest BCUT2D eigenvalue weighted by Gasteiger charge is -2.30. The van der Waals surface area contributed by atoms with Gasteiger partial charge in [0.05, 0.1) is 5.92 Å². The van der Waals surface area contributed by atoms with Gasteiger partial charge in [-0.2, -0.15) is 8.42 Å². The molecule has 0 saturated carbocycles. The molecule has 1 heterocycles. The Kier molecular flexibility index (Phi) is 2.77. The van der Waals surface area contributed by atoms with E-state index < -0.39 is 32.6 Å². The van der Waals surface area contributed by atoms with Crippen molar-refractivity contribution in [3.05, 3.63) is 23.8 Å². The second kappa shape index (κ2) is 3.77. The van der Waals surface area contributed by atoms with Gasteiger partial charge in [0.25, 0.3) is 16.0 Å². The van der Waals surface area contributed by atoms with E-state index in [2.05, 4.69) is 0 Å². The third kappa shape index (κ3) is 1.84. The standard InChI is InChI=1S/C12H15NO5S/c1-11(2,3)7-4-5-12(19(16,17)18)8(6-7)9(14)13-10(12)15/h4-6,8H,1-3H3,(H,13,14,15)(H,16,17,18). The van der Waals surface area contributed by atoms with Crippen LogP contribution in [0.15, 0.2) is 23.8 Å². The number of fused-ring (bicyclic) bond motifs is 1. The van der Waals surface area contributed by atoms with Crippen LogP contribution in [0.3, 0.4) is 0 Å². The summed E-state index contributed by atoms with van der Waals surface area (Å²) in [6, 6.07) is 0. The number of imide groups is 1. The van der Waals surface area contributed by atoms with E-state index >= 15 is 0 Å². The minimum atomic E-state index is -4.74. The molecular formula is C12H15NO5S. The van der Waals surface area contributed by atoms with Crippen molar-refractivity contribution in [3.8, 4) is 0 Å². The Morgan fingerprint density at radius 3 is 2.37 bits per heavy atom. The minimum Gasteiger partial charge on any atom is -0.294 e. The Labute approximate surface area is 111 Å². The van der Waals surface area contributed by atoms with E-state index in [1.54, 1.807) is 0 Å². The Balaban J connectivity index is 2.64. The lowest BCUT2D eigenvalue weighted by Crippen LogP contribution is -2.48. The highest BCUT2D eigenvalue weighted by atomic mass is 32.2. The van der Waals surface area contributed by atoms with Crippen molar-refractivity contribution in [2.45, 2.75) is 25.5 Å². The largest absolute Gasteiger partial charge is 0.294 e. The first-order valence-electron chi connectivity index (χ1n) is 5.74. The summed E-state index contributed by atoms with van der Waals surface area (Å²) in [5, 5.41) is 1.97. The van der Waals surface area contributed by atoms with Gasteiger partial charge in [0.1, 0.15) is 0 Å². The van der Waals surface area contributed by atoms with Gasteiger partial charge < -0.3 is 0 Å². The fourth-order valence-electron chi connectivity index (χ4n) is 2.31. The second-order valence-corrected chi connectivity index (χ2v) is 7.40. The molecule has 1 aliphatic heterocycles. The highest BCUT2D eigenvalue weighted by Gasteiger charge is 2.62. The maximum Gasteiger partial charge on any atom is 0.284 e. The molecule has 1 aliphatic carbocycles.